The lowest BCUT2D eigenvalue weighted by atomic mass is 10.2. The molecule has 1 aromatic rings. The van der Waals surface area contributed by atoms with Crippen molar-refractivity contribution in [2.24, 2.45) is 0 Å². The summed E-state index contributed by atoms with van der Waals surface area (Å²) in [5, 5.41) is 5.04. The first-order valence-corrected chi connectivity index (χ1v) is 5.80. The molecule has 0 atom stereocenters. The lowest BCUT2D eigenvalue weighted by Gasteiger charge is -2.06. The number of halogens is 1. The zero-order chi connectivity index (χ0) is 14.3. The van der Waals surface area contributed by atoms with E-state index >= 15 is 0 Å². The third-order valence-electron chi connectivity index (χ3n) is 2.12. The summed E-state index contributed by atoms with van der Waals surface area (Å²) >= 11 is 5.72. The second-order valence-electron chi connectivity index (χ2n) is 3.54. The number of carbonyl (C=O) groups is 3. The first kappa shape index (κ1) is 15.0. The highest BCUT2D eigenvalue weighted by Gasteiger charge is 2.10. The van der Waals surface area contributed by atoms with Crippen molar-refractivity contribution in [1.29, 1.82) is 0 Å². The molecule has 0 unspecified atom stereocenters. The molecule has 19 heavy (non-hydrogen) atoms. The molecule has 6 nitrogen and oxygen atoms in total. The van der Waals surface area contributed by atoms with Gasteiger partial charge in [0.1, 0.15) is 0 Å². The number of carbonyl (C=O) groups excluding carboxylic acids is 3. The van der Waals surface area contributed by atoms with E-state index in [1.807, 2.05) is 0 Å². The molecular formula is C12H13ClN2O4. The topological polar surface area (TPSA) is 84.5 Å². The Kier molecular flexibility index (Phi) is 5.81. The van der Waals surface area contributed by atoms with Crippen LogP contribution in [0, 0.1) is 0 Å². The summed E-state index contributed by atoms with van der Waals surface area (Å²) in [5.41, 5.74) is 0.256. The Bertz CT molecular complexity index is 490. The van der Waals surface area contributed by atoms with Crippen LogP contribution in [0.3, 0.4) is 0 Å². The highest BCUT2D eigenvalue weighted by molar-refractivity contribution is 6.30. The standard InChI is InChI=1S/C12H13ClN2O4/c1-14-10(16)6-15-11(17)7-19-12(18)8-3-2-4-9(13)5-8/h2-5H,6-7H2,1H3,(H,14,16)(H,15,17). The molecule has 0 heterocycles. The van der Waals surface area contributed by atoms with E-state index in [0.29, 0.717) is 5.02 Å². The zero-order valence-corrected chi connectivity index (χ0v) is 11.0. The number of hydrogen-bond donors (Lipinski definition) is 2. The summed E-state index contributed by atoms with van der Waals surface area (Å²) in [4.78, 5) is 33.7. The van der Waals surface area contributed by atoms with Gasteiger partial charge in [-0.2, -0.15) is 0 Å². The van der Waals surface area contributed by atoms with Gasteiger partial charge < -0.3 is 15.4 Å². The second-order valence-corrected chi connectivity index (χ2v) is 3.97. The van der Waals surface area contributed by atoms with Crippen LogP contribution in [0.4, 0.5) is 0 Å². The van der Waals surface area contributed by atoms with E-state index in [0.717, 1.165) is 0 Å². The monoisotopic (exact) mass is 284 g/mol. The van der Waals surface area contributed by atoms with Crippen LogP contribution in [0.15, 0.2) is 24.3 Å². The normalized spacial score (nSPS) is 9.58. The van der Waals surface area contributed by atoms with E-state index in [2.05, 4.69) is 10.6 Å². The third kappa shape index (κ3) is 5.39. The number of rotatable bonds is 5. The van der Waals surface area contributed by atoms with Gasteiger partial charge in [0.05, 0.1) is 12.1 Å². The number of ether oxygens (including phenoxy) is 1. The van der Waals surface area contributed by atoms with Gasteiger partial charge >= 0.3 is 5.97 Å². The molecule has 102 valence electrons. The third-order valence-corrected chi connectivity index (χ3v) is 2.35. The van der Waals surface area contributed by atoms with Gasteiger partial charge in [-0.1, -0.05) is 17.7 Å². The van der Waals surface area contributed by atoms with Crippen LogP contribution in [0.5, 0.6) is 0 Å². The van der Waals surface area contributed by atoms with Gasteiger partial charge in [0, 0.05) is 12.1 Å². The molecular weight excluding hydrogens is 272 g/mol. The Morgan fingerprint density at radius 1 is 1.26 bits per heavy atom. The largest absolute Gasteiger partial charge is 0.452 e. The number of amides is 2. The molecule has 1 rings (SSSR count). The Hall–Kier alpha value is -2.08. The van der Waals surface area contributed by atoms with Crippen LogP contribution >= 0.6 is 11.6 Å². The quantitative estimate of drug-likeness (QED) is 0.765. The van der Waals surface area contributed by atoms with E-state index in [-0.39, 0.29) is 18.0 Å². The van der Waals surface area contributed by atoms with E-state index in [9.17, 15) is 14.4 Å². The van der Waals surface area contributed by atoms with Crippen LogP contribution in [-0.4, -0.2) is 38.0 Å². The molecule has 2 amide bonds. The van der Waals surface area contributed by atoms with E-state index < -0.39 is 18.5 Å². The van der Waals surface area contributed by atoms with Gasteiger partial charge in [-0.15, -0.1) is 0 Å². The van der Waals surface area contributed by atoms with Crippen molar-refractivity contribution in [3.63, 3.8) is 0 Å². The van der Waals surface area contributed by atoms with Gasteiger partial charge in [0.25, 0.3) is 5.91 Å². The van der Waals surface area contributed by atoms with E-state index in [1.165, 1.54) is 19.2 Å². The first-order chi connectivity index (χ1) is 9.02. The van der Waals surface area contributed by atoms with Crippen molar-refractivity contribution >= 4 is 29.4 Å². The summed E-state index contributed by atoms with van der Waals surface area (Å²) in [6, 6.07) is 6.18. The summed E-state index contributed by atoms with van der Waals surface area (Å²) in [6.07, 6.45) is 0. The van der Waals surface area contributed by atoms with Crippen molar-refractivity contribution in [1.82, 2.24) is 10.6 Å². The minimum Gasteiger partial charge on any atom is -0.452 e. The van der Waals surface area contributed by atoms with Crippen LogP contribution < -0.4 is 10.6 Å². The highest BCUT2D eigenvalue weighted by atomic mass is 35.5. The molecule has 0 aliphatic heterocycles. The molecule has 0 aliphatic carbocycles. The highest BCUT2D eigenvalue weighted by Crippen LogP contribution is 2.11. The second kappa shape index (κ2) is 7.38. The fraction of sp³-hybridized carbons (Fsp3) is 0.250. The zero-order valence-electron chi connectivity index (χ0n) is 10.2. The Morgan fingerprint density at radius 2 is 2.00 bits per heavy atom. The molecule has 1 aromatic carbocycles. The van der Waals surface area contributed by atoms with Crippen molar-refractivity contribution in [3.8, 4) is 0 Å². The van der Waals surface area contributed by atoms with Crippen molar-refractivity contribution in [3.05, 3.63) is 34.9 Å². The van der Waals surface area contributed by atoms with Crippen LogP contribution in [0.25, 0.3) is 0 Å². The van der Waals surface area contributed by atoms with E-state index in [1.54, 1.807) is 12.1 Å². The maximum absolute atomic E-state index is 11.6. The van der Waals surface area contributed by atoms with Gasteiger partial charge in [0.15, 0.2) is 6.61 Å². The summed E-state index contributed by atoms with van der Waals surface area (Å²) in [6.45, 7) is -0.619. The smallest absolute Gasteiger partial charge is 0.338 e. The fourth-order valence-corrected chi connectivity index (χ4v) is 1.34. The van der Waals surface area contributed by atoms with Gasteiger partial charge in [-0.05, 0) is 18.2 Å². The van der Waals surface area contributed by atoms with Gasteiger partial charge in [-0.25, -0.2) is 4.79 Å². The van der Waals surface area contributed by atoms with Gasteiger partial charge in [-0.3, -0.25) is 9.59 Å². The molecule has 0 fully saturated rings. The molecule has 0 spiro atoms. The average molecular weight is 285 g/mol. The molecule has 0 bridgehead atoms. The predicted molar refractivity (Wildman–Crippen MR) is 68.8 cm³/mol. The molecule has 0 aliphatic rings. The lowest BCUT2D eigenvalue weighted by molar-refractivity contribution is -0.127. The van der Waals surface area contributed by atoms with Crippen molar-refractivity contribution in [2.75, 3.05) is 20.2 Å². The summed E-state index contributed by atoms with van der Waals surface area (Å²) in [5.74, 6) is -1.55. The SMILES string of the molecule is CNC(=O)CNC(=O)COC(=O)c1cccc(Cl)c1. The maximum atomic E-state index is 11.6. The molecule has 0 saturated heterocycles. The molecule has 0 saturated carbocycles. The van der Waals surface area contributed by atoms with Crippen LogP contribution in [0.1, 0.15) is 10.4 Å². The van der Waals surface area contributed by atoms with Crippen LogP contribution in [-0.2, 0) is 14.3 Å². The summed E-state index contributed by atoms with van der Waals surface area (Å²) < 4.78 is 4.77. The fourth-order valence-electron chi connectivity index (χ4n) is 1.15. The Labute approximate surface area is 115 Å². The van der Waals surface area contributed by atoms with Crippen molar-refractivity contribution < 1.29 is 19.1 Å². The molecule has 0 radical (unpaired) electrons. The predicted octanol–water partition coefficient (Wildman–Crippen LogP) is 0.359. The average Bonchev–Trinajstić information content (AvgIpc) is 2.41. The van der Waals surface area contributed by atoms with E-state index in [4.69, 9.17) is 16.3 Å². The number of nitrogens with one attached hydrogen (secondary N) is 2. The summed E-state index contributed by atoms with van der Waals surface area (Å²) in [7, 11) is 1.45. The molecule has 2 N–H and O–H groups in total. The number of benzene rings is 1. The molecule has 0 aromatic heterocycles. The minimum atomic E-state index is -0.655. The number of hydrogen-bond acceptors (Lipinski definition) is 4. The van der Waals surface area contributed by atoms with Gasteiger partial charge in [0.2, 0.25) is 5.91 Å². The van der Waals surface area contributed by atoms with Crippen molar-refractivity contribution in [2.45, 2.75) is 0 Å². The maximum Gasteiger partial charge on any atom is 0.338 e. The number of likely N-dealkylation sites (N-methyl/N-ethyl adjacent to an activating group) is 1. The lowest BCUT2D eigenvalue weighted by Crippen LogP contribution is -2.37. The minimum absolute atomic E-state index is 0.163. The molecule has 7 heteroatoms. The Morgan fingerprint density at radius 3 is 2.63 bits per heavy atom. The van der Waals surface area contributed by atoms with Crippen LogP contribution in [0.2, 0.25) is 5.02 Å². The first-order valence-electron chi connectivity index (χ1n) is 5.43. The number of esters is 1. The Balaban J connectivity index is 2.38.